The Balaban J connectivity index is 0.00000288. The molecule has 5 heteroatoms. The van der Waals surface area contributed by atoms with Gasteiger partial charge in [0, 0.05) is 12.2 Å². The molecule has 1 amide bonds. The Bertz CT molecular complexity index is 641. The minimum absolute atomic E-state index is 0. The van der Waals surface area contributed by atoms with Crippen LogP contribution in [-0.4, -0.2) is 29.0 Å². The molecule has 0 saturated carbocycles. The molecule has 3 N–H and O–H groups in total. The molecular formula is C19H25ClN2O2. The first-order valence-corrected chi connectivity index (χ1v) is 7.86. The van der Waals surface area contributed by atoms with E-state index in [1.165, 1.54) is 0 Å². The highest BCUT2D eigenvalue weighted by atomic mass is 35.5. The molecule has 0 aliphatic heterocycles. The van der Waals surface area contributed by atoms with Crippen molar-refractivity contribution in [3.05, 3.63) is 65.2 Å². The largest absolute Gasteiger partial charge is 0.399 e. The number of rotatable bonds is 6. The summed E-state index contributed by atoms with van der Waals surface area (Å²) in [4.78, 5) is 14.1. The van der Waals surface area contributed by atoms with Crippen molar-refractivity contribution in [2.45, 2.75) is 26.4 Å². The third-order valence-electron chi connectivity index (χ3n) is 3.92. The zero-order chi connectivity index (χ0) is 16.8. The second-order valence-electron chi connectivity index (χ2n) is 5.78. The van der Waals surface area contributed by atoms with Crippen LogP contribution in [0.3, 0.4) is 0 Å². The fourth-order valence-electron chi connectivity index (χ4n) is 2.43. The van der Waals surface area contributed by atoms with E-state index in [9.17, 15) is 9.90 Å². The van der Waals surface area contributed by atoms with Gasteiger partial charge in [0.15, 0.2) is 0 Å². The maximum absolute atomic E-state index is 12.4. The number of amides is 1. The van der Waals surface area contributed by atoms with Crippen LogP contribution in [0.5, 0.6) is 0 Å². The van der Waals surface area contributed by atoms with Gasteiger partial charge >= 0.3 is 0 Å². The quantitative estimate of drug-likeness (QED) is 0.788. The summed E-state index contributed by atoms with van der Waals surface area (Å²) in [6.45, 7) is 4.79. The van der Waals surface area contributed by atoms with E-state index in [4.69, 9.17) is 5.73 Å². The number of hydrogen-bond acceptors (Lipinski definition) is 3. The van der Waals surface area contributed by atoms with Crippen LogP contribution in [0, 0.1) is 6.92 Å². The van der Waals surface area contributed by atoms with E-state index >= 15 is 0 Å². The van der Waals surface area contributed by atoms with Crippen molar-refractivity contribution < 1.29 is 9.90 Å². The van der Waals surface area contributed by atoms with E-state index in [1.54, 1.807) is 17.0 Å². The Labute approximate surface area is 149 Å². The van der Waals surface area contributed by atoms with Crippen LogP contribution in [-0.2, 0) is 11.2 Å². The molecule has 130 valence electrons. The molecule has 1 atom stereocenters. The lowest BCUT2D eigenvalue weighted by Gasteiger charge is -2.24. The number of hydrogen-bond donors (Lipinski definition) is 2. The highest BCUT2D eigenvalue weighted by Gasteiger charge is 2.17. The van der Waals surface area contributed by atoms with E-state index in [-0.39, 0.29) is 18.3 Å². The summed E-state index contributed by atoms with van der Waals surface area (Å²) < 4.78 is 0. The van der Waals surface area contributed by atoms with Crippen molar-refractivity contribution in [1.82, 2.24) is 4.90 Å². The molecule has 24 heavy (non-hydrogen) atoms. The first-order chi connectivity index (χ1) is 11.0. The molecule has 2 aromatic rings. The minimum Gasteiger partial charge on any atom is -0.399 e. The van der Waals surface area contributed by atoms with E-state index in [1.807, 2.05) is 50.2 Å². The smallest absolute Gasteiger partial charge is 0.227 e. The molecule has 2 rings (SSSR count). The van der Waals surface area contributed by atoms with Crippen molar-refractivity contribution in [3.8, 4) is 0 Å². The van der Waals surface area contributed by atoms with Gasteiger partial charge in [0.2, 0.25) is 5.91 Å². The molecule has 0 spiro atoms. The van der Waals surface area contributed by atoms with Gasteiger partial charge in [-0.25, -0.2) is 0 Å². The molecule has 1 unspecified atom stereocenters. The maximum atomic E-state index is 12.4. The molecule has 0 fully saturated rings. The number of nitrogens with zero attached hydrogens (tertiary/aromatic N) is 1. The van der Waals surface area contributed by atoms with Crippen molar-refractivity contribution in [2.75, 3.05) is 18.8 Å². The summed E-state index contributed by atoms with van der Waals surface area (Å²) in [5, 5.41) is 10.4. The number of benzene rings is 2. The topological polar surface area (TPSA) is 66.6 Å². The van der Waals surface area contributed by atoms with Gasteiger partial charge in [-0.15, -0.1) is 12.4 Å². The molecular weight excluding hydrogens is 324 g/mol. The molecule has 0 radical (unpaired) electrons. The Hall–Kier alpha value is -2.04. The number of aliphatic hydroxyl groups is 1. The number of aryl methyl sites for hydroxylation is 1. The lowest BCUT2D eigenvalue weighted by Crippen LogP contribution is -2.35. The third kappa shape index (κ3) is 5.55. The van der Waals surface area contributed by atoms with Crippen LogP contribution in [0.1, 0.15) is 29.7 Å². The predicted molar refractivity (Wildman–Crippen MR) is 100 cm³/mol. The zero-order valence-corrected chi connectivity index (χ0v) is 14.9. The van der Waals surface area contributed by atoms with Gasteiger partial charge in [0.1, 0.15) is 0 Å². The predicted octanol–water partition coefficient (Wildman–Crippen LogP) is 3.12. The number of likely N-dealkylation sites (N-methyl/N-ethyl adjacent to an activating group) is 1. The lowest BCUT2D eigenvalue weighted by molar-refractivity contribution is -0.131. The summed E-state index contributed by atoms with van der Waals surface area (Å²) in [5.41, 5.74) is 9.24. The zero-order valence-electron chi connectivity index (χ0n) is 14.1. The van der Waals surface area contributed by atoms with Gasteiger partial charge in [-0.05, 0) is 37.1 Å². The number of halogens is 1. The van der Waals surface area contributed by atoms with Crippen LogP contribution in [0.2, 0.25) is 0 Å². The van der Waals surface area contributed by atoms with Crippen molar-refractivity contribution in [2.24, 2.45) is 0 Å². The van der Waals surface area contributed by atoms with E-state index < -0.39 is 6.10 Å². The lowest BCUT2D eigenvalue weighted by atomic mass is 10.1. The summed E-state index contributed by atoms with van der Waals surface area (Å²) in [6.07, 6.45) is -0.361. The third-order valence-corrected chi connectivity index (χ3v) is 3.92. The molecule has 0 aliphatic carbocycles. The first-order valence-electron chi connectivity index (χ1n) is 7.86. The Kier molecular flexibility index (Phi) is 7.75. The standard InChI is InChI=1S/C19H24N2O2.ClH/c1-3-21(13-18(22)16-8-4-14(2)5-9-16)19(23)12-15-6-10-17(20)11-7-15;/h4-11,18,22H,3,12-13,20H2,1-2H3;1H. The second-order valence-corrected chi connectivity index (χ2v) is 5.78. The summed E-state index contributed by atoms with van der Waals surface area (Å²) >= 11 is 0. The monoisotopic (exact) mass is 348 g/mol. The molecule has 0 saturated heterocycles. The molecule has 0 heterocycles. The van der Waals surface area contributed by atoms with Crippen molar-refractivity contribution in [3.63, 3.8) is 0 Å². The van der Waals surface area contributed by atoms with Gasteiger partial charge in [0.05, 0.1) is 19.1 Å². The minimum atomic E-state index is -0.675. The van der Waals surface area contributed by atoms with Crippen LogP contribution in [0.25, 0.3) is 0 Å². The van der Waals surface area contributed by atoms with Gasteiger partial charge in [0.25, 0.3) is 0 Å². The van der Waals surface area contributed by atoms with E-state index in [0.717, 1.165) is 16.7 Å². The normalized spacial score (nSPS) is 11.5. The van der Waals surface area contributed by atoms with Crippen molar-refractivity contribution >= 4 is 24.0 Å². The SMILES string of the molecule is CCN(CC(O)c1ccc(C)cc1)C(=O)Cc1ccc(N)cc1.Cl. The fraction of sp³-hybridized carbons (Fsp3) is 0.316. The molecule has 0 bridgehead atoms. The van der Waals surface area contributed by atoms with Crippen LogP contribution in [0.4, 0.5) is 5.69 Å². The highest BCUT2D eigenvalue weighted by molar-refractivity contribution is 5.85. The van der Waals surface area contributed by atoms with Crippen LogP contribution >= 0.6 is 12.4 Å². The highest BCUT2D eigenvalue weighted by Crippen LogP contribution is 2.16. The number of nitrogen functional groups attached to an aromatic ring is 1. The Morgan fingerprint density at radius 2 is 1.71 bits per heavy atom. The summed E-state index contributed by atoms with van der Waals surface area (Å²) in [5.74, 6) is 0.00318. The van der Waals surface area contributed by atoms with Crippen LogP contribution in [0.15, 0.2) is 48.5 Å². The number of anilines is 1. The van der Waals surface area contributed by atoms with E-state index in [0.29, 0.717) is 25.2 Å². The average Bonchev–Trinajstić information content (AvgIpc) is 2.55. The number of nitrogens with two attached hydrogens (primary N) is 1. The Morgan fingerprint density at radius 1 is 1.12 bits per heavy atom. The molecule has 0 aromatic heterocycles. The van der Waals surface area contributed by atoms with Crippen molar-refractivity contribution in [1.29, 1.82) is 0 Å². The average molecular weight is 349 g/mol. The van der Waals surface area contributed by atoms with Gasteiger partial charge in [-0.1, -0.05) is 42.0 Å². The number of carbonyl (C=O) groups is 1. The first kappa shape index (κ1) is 20.0. The summed E-state index contributed by atoms with van der Waals surface area (Å²) in [7, 11) is 0. The second kappa shape index (κ2) is 9.30. The number of carbonyl (C=O) groups excluding carboxylic acids is 1. The van der Waals surface area contributed by atoms with Gasteiger partial charge < -0.3 is 15.7 Å². The van der Waals surface area contributed by atoms with Gasteiger partial charge in [-0.3, -0.25) is 4.79 Å². The summed E-state index contributed by atoms with van der Waals surface area (Å²) in [6, 6.07) is 15.0. The number of aliphatic hydroxyl groups excluding tert-OH is 1. The molecule has 4 nitrogen and oxygen atoms in total. The van der Waals surface area contributed by atoms with Crippen LogP contribution < -0.4 is 5.73 Å². The Morgan fingerprint density at radius 3 is 2.25 bits per heavy atom. The molecule has 0 aliphatic rings. The van der Waals surface area contributed by atoms with E-state index in [2.05, 4.69) is 0 Å². The molecule has 2 aromatic carbocycles. The maximum Gasteiger partial charge on any atom is 0.227 e. The van der Waals surface area contributed by atoms with Gasteiger partial charge in [-0.2, -0.15) is 0 Å². The fourth-order valence-corrected chi connectivity index (χ4v) is 2.43.